The number of alkyl halides is 1. The summed E-state index contributed by atoms with van der Waals surface area (Å²) in [5.74, 6) is -1.73. The van der Waals surface area contributed by atoms with Gasteiger partial charge in [-0.05, 0) is 0 Å². The molecule has 0 spiro atoms. The zero-order valence-electron chi connectivity index (χ0n) is 16.1. The van der Waals surface area contributed by atoms with Crippen LogP contribution >= 0.6 is 0 Å². The van der Waals surface area contributed by atoms with Crippen LogP contribution in [0.1, 0.15) is 32.9 Å². The number of nitriles is 1. The quantitative estimate of drug-likeness (QED) is 0.634. The summed E-state index contributed by atoms with van der Waals surface area (Å²) in [6, 6.07) is 1.92. The summed E-state index contributed by atoms with van der Waals surface area (Å²) >= 11 is 0. The van der Waals surface area contributed by atoms with Crippen molar-refractivity contribution in [3.05, 3.63) is 16.7 Å². The third-order valence-corrected chi connectivity index (χ3v) is 4.39. The van der Waals surface area contributed by atoms with Gasteiger partial charge in [0.2, 0.25) is 18.4 Å². The molecular formula is C17H19FN6O6. The van der Waals surface area contributed by atoms with Crippen molar-refractivity contribution in [1.82, 2.24) is 19.1 Å². The van der Waals surface area contributed by atoms with Crippen molar-refractivity contribution in [3.63, 3.8) is 0 Å². The van der Waals surface area contributed by atoms with Crippen molar-refractivity contribution in [1.29, 1.82) is 5.26 Å². The number of halogens is 1. The van der Waals surface area contributed by atoms with Gasteiger partial charge in [-0.15, -0.1) is 0 Å². The zero-order chi connectivity index (χ0) is 22.0. The highest BCUT2D eigenvalue weighted by Crippen LogP contribution is 2.35. The number of nitrogens with zero attached hydrogens (tertiary/aromatic N) is 5. The molecular weight excluding hydrogens is 403 g/mol. The third-order valence-electron chi connectivity index (χ3n) is 4.39. The topological polar surface area (TPSA) is 164 Å². The molecule has 0 bridgehead atoms. The summed E-state index contributed by atoms with van der Waals surface area (Å²) in [6.45, 7) is 2.58. The van der Waals surface area contributed by atoms with Gasteiger partial charge in [-0.3, -0.25) is 14.2 Å². The van der Waals surface area contributed by atoms with Gasteiger partial charge in [-0.1, -0.05) is 6.92 Å². The number of rotatable bonds is 6. The van der Waals surface area contributed by atoms with Crippen LogP contribution in [0.2, 0.25) is 0 Å². The molecule has 0 aromatic carbocycles. The fraction of sp³-hybridized carbons (Fsp3) is 0.529. The zero-order valence-corrected chi connectivity index (χ0v) is 16.1. The Bertz CT molecular complexity index is 1080. The van der Waals surface area contributed by atoms with Crippen LogP contribution in [0, 0.1) is 11.3 Å². The first-order valence-electron chi connectivity index (χ1n) is 9.04. The van der Waals surface area contributed by atoms with E-state index in [1.54, 1.807) is 0 Å². The van der Waals surface area contributed by atoms with Gasteiger partial charge >= 0.3 is 17.6 Å². The number of nitrogens with two attached hydrogens (primary N) is 1. The van der Waals surface area contributed by atoms with Gasteiger partial charge in [0.1, 0.15) is 5.52 Å². The Morgan fingerprint density at radius 1 is 1.43 bits per heavy atom. The molecule has 13 heteroatoms. The fourth-order valence-corrected chi connectivity index (χ4v) is 3.11. The highest BCUT2D eigenvalue weighted by molar-refractivity contribution is 5.72. The number of nitrogen functional groups attached to an aromatic ring is 1. The van der Waals surface area contributed by atoms with Gasteiger partial charge in [-0.2, -0.15) is 10.2 Å². The molecule has 2 aromatic rings. The minimum Gasteiger partial charge on any atom is -0.454 e. The minimum atomic E-state index is -2.06. The van der Waals surface area contributed by atoms with Gasteiger partial charge in [0, 0.05) is 19.9 Å². The average Bonchev–Trinajstić information content (AvgIpc) is 3.13. The monoisotopic (exact) mass is 422 g/mol. The third kappa shape index (κ3) is 3.81. The average molecular weight is 422 g/mol. The molecule has 4 atom stereocenters. The minimum absolute atomic E-state index is 0.00433. The molecule has 3 rings (SSSR count). The molecule has 0 unspecified atom stereocenters. The molecule has 0 aliphatic carbocycles. The van der Waals surface area contributed by atoms with E-state index in [0.29, 0.717) is 0 Å². The van der Waals surface area contributed by atoms with Crippen LogP contribution in [0.4, 0.5) is 10.3 Å². The molecule has 2 N–H and O–H groups in total. The van der Waals surface area contributed by atoms with Gasteiger partial charge in [0.15, 0.2) is 18.0 Å². The smallest absolute Gasteiger partial charge is 0.332 e. The van der Waals surface area contributed by atoms with E-state index >= 15 is 0 Å². The number of ether oxygens (including phenoxy) is 3. The predicted molar refractivity (Wildman–Crippen MR) is 97.2 cm³/mol. The lowest BCUT2D eigenvalue weighted by atomic mass is 10.2. The van der Waals surface area contributed by atoms with Gasteiger partial charge in [-0.25, -0.2) is 18.7 Å². The van der Waals surface area contributed by atoms with Crippen LogP contribution in [0.5, 0.6) is 0 Å². The molecule has 1 saturated heterocycles. The largest absolute Gasteiger partial charge is 0.454 e. The van der Waals surface area contributed by atoms with E-state index in [-0.39, 0.29) is 36.5 Å². The molecule has 1 aliphatic rings. The fourth-order valence-electron chi connectivity index (χ4n) is 3.11. The van der Waals surface area contributed by atoms with Crippen molar-refractivity contribution in [2.45, 2.75) is 58.0 Å². The highest BCUT2D eigenvalue weighted by atomic mass is 19.1. The summed E-state index contributed by atoms with van der Waals surface area (Å²) in [5, 5.41) is 8.87. The van der Waals surface area contributed by atoms with Crippen molar-refractivity contribution < 1.29 is 28.2 Å². The Kier molecular flexibility index (Phi) is 5.97. The Morgan fingerprint density at radius 2 is 2.17 bits per heavy atom. The first-order valence-corrected chi connectivity index (χ1v) is 9.04. The molecule has 1 aliphatic heterocycles. The molecule has 1 fully saturated rings. The van der Waals surface area contributed by atoms with Crippen molar-refractivity contribution in [2.24, 2.45) is 0 Å². The molecule has 12 nitrogen and oxygen atoms in total. The van der Waals surface area contributed by atoms with Crippen molar-refractivity contribution in [3.8, 4) is 6.07 Å². The van der Waals surface area contributed by atoms with Crippen LogP contribution in [-0.2, 0) is 30.3 Å². The van der Waals surface area contributed by atoms with Crippen LogP contribution in [-0.4, -0.2) is 49.6 Å². The van der Waals surface area contributed by atoms with E-state index in [1.165, 1.54) is 17.7 Å². The number of anilines is 1. The van der Waals surface area contributed by atoms with E-state index in [0.717, 1.165) is 11.5 Å². The number of fused-ring (bicyclic) bond motifs is 1. The summed E-state index contributed by atoms with van der Waals surface area (Å²) in [5.41, 5.74) is 5.13. The van der Waals surface area contributed by atoms with E-state index in [4.69, 9.17) is 25.2 Å². The predicted octanol–water partition coefficient (Wildman–Crippen LogP) is 0.167. The highest BCUT2D eigenvalue weighted by Gasteiger charge is 2.51. The molecule has 0 amide bonds. The normalized spacial score (nSPS) is 23.3. The van der Waals surface area contributed by atoms with Gasteiger partial charge < -0.3 is 19.9 Å². The van der Waals surface area contributed by atoms with Gasteiger partial charge in [0.05, 0.1) is 18.7 Å². The van der Waals surface area contributed by atoms with E-state index in [9.17, 15) is 18.8 Å². The summed E-state index contributed by atoms with van der Waals surface area (Å²) < 4.78 is 32.6. The Hall–Kier alpha value is -3.53. The number of imidazole rings is 1. The SMILES string of the molecule is CCC(=O)O[C@H]1O[C@@H](n2c(=O)n(CCC#N)c3cnc(N)nc32)[C@H](OC(C)=O)[C@H]1F. The van der Waals surface area contributed by atoms with Crippen LogP contribution in [0.15, 0.2) is 11.0 Å². The number of hydrogen-bond acceptors (Lipinski definition) is 10. The molecule has 0 saturated carbocycles. The Labute approximate surface area is 168 Å². The Balaban J connectivity index is 2.13. The number of hydrogen-bond donors (Lipinski definition) is 1. The maximum atomic E-state index is 15.0. The van der Waals surface area contributed by atoms with Crippen molar-refractivity contribution >= 4 is 29.1 Å². The van der Waals surface area contributed by atoms with Crippen molar-refractivity contribution in [2.75, 3.05) is 5.73 Å². The first-order chi connectivity index (χ1) is 14.3. The number of esters is 2. The van der Waals surface area contributed by atoms with Crippen LogP contribution in [0.3, 0.4) is 0 Å². The lowest BCUT2D eigenvalue weighted by Crippen LogP contribution is -2.37. The number of carbonyl (C=O) groups excluding carboxylic acids is 2. The molecule has 30 heavy (non-hydrogen) atoms. The first kappa shape index (κ1) is 21.2. The second-order valence-corrected chi connectivity index (χ2v) is 6.41. The number of aryl methyl sites for hydroxylation is 1. The molecule has 3 heterocycles. The lowest BCUT2D eigenvalue weighted by Gasteiger charge is -2.19. The lowest BCUT2D eigenvalue weighted by molar-refractivity contribution is -0.188. The van der Waals surface area contributed by atoms with Crippen LogP contribution in [0.25, 0.3) is 11.2 Å². The second-order valence-electron chi connectivity index (χ2n) is 6.41. The maximum Gasteiger partial charge on any atom is 0.332 e. The maximum absolute atomic E-state index is 15.0. The second kappa shape index (κ2) is 8.46. The summed E-state index contributed by atoms with van der Waals surface area (Å²) in [4.78, 5) is 44.1. The van der Waals surface area contributed by atoms with E-state index in [2.05, 4.69) is 9.97 Å². The molecule has 2 aromatic heterocycles. The number of aromatic nitrogens is 4. The molecule has 160 valence electrons. The summed E-state index contributed by atoms with van der Waals surface area (Å²) in [7, 11) is 0. The van der Waals surface area contributed by atoms with Crippen LogP contribution < -0.4 is 11.4 Å². The number of carbonyl (C=O) groups is 2. The standard InChI is InChI=1S/C17H19FN6O6/c1-3-10(26)29-15-11(18)12(28-8(2)25)14(30-15)24-13-9(7-21-16(20)22-13)23(17(24)27)6-4-5-19/h7,11-12,14-15H,3-4,6H2,1-2H3,(H2,20,21,22)/t11-,12-,14-,15+/m1/s1. The Morgan fingerprint density at radius 3 is 2.80 bits per heavy atom. The van der Waals surface area contributed by atoms with E-state index in [1.807, 2.05) is 6.07 Å². The summed E-state index contributed by atoms with van der Waals surface area (Å²) in [6.07, 6.45) is -5.59. The molecule has 0 radical (unpaired) electrons. The van der Waals surface area contributed by atoms with Gasteiger partial charge in [0.25, 0.3) is 0 Å². The van der Waals surface area contributed by atoms with E-state index < -0.39 is 42.4 Å².